The summed E-state index contributed by atoms with van der Waals surface area (Å²) in [5, 5.41) is 2.87. The summed E-state index contributed by atoms with van der Waals surface area (Å²) < 4.78 is 1.13. The summed E-state index contributed by atoms with van der Waals surface area (Å²) in [6, 6.07) is 13.4. The Kier molecular flexibility index (Phi) is 6.33. The average molecular weight is 421 g/mol. The van der Waals surface area contributed by atoms with Crippen molar-refractivity contribution in [2.75, 3.05) is 5.32 Å². The van der Waals surface area contributed by atoms with Gasteiger partial charge in [-0.2, -0.15) is 0 Å². The fraction of sp³-hybridized carbons (Fsp3) is 0.263. The molecule has 2 rings (SSSR count). The molecule has 0 heterocycles. The molecular formula is C19H20INO2. The molecule has 4 heteroatoms. The largest absolute Gasteiger partial charge is 0.326 e. The highest BCUT2D eigenvalue weighted by Crippen LogP contribution is 2.18. The van der Waals surface area contributed by atoms with Crippen LogP contribution in [0.15, 0.2) is 42.5 Å². The maximum absolute atomic E-state index is 12.1. The van der Waals surface area contributed by atoms with Crippen LogP contribution in [-0.4, -0.2) is 11.7 Å². The summed E-state index contributed by atoms with van der Waals surface area (Å²) in [5.74, 6) is -0.130. The molecule has 0 aliphatic heterocycles. The lowest BCUT2D eigenvalue weighted by Gasteiger charge is -2.08. The Balaban J connectivity index is 1.89. The quantitative estimate of drug-likeness (QED) is 0.540. The van der Waals surface area contributed by atoms with Crippen molar-refractivity contribution in [3.8, 4) is 0 Å². The predicted octanol–water partition coefficient (Wildman–Crippen LogP) is 4.76. The first-order valence-electron chi connectivity index (χ1n) is 7.67. The third-order valence-electron chi connectivity index (χ3n) is 3.73. The van der Waals surface area contributed by atoms with Gasteiger partial charge in [0.15, 0.2) is 5.78 Å². The summed E-state index contributed by atoms with van der Waals surface area (Å²) in [4.78, 5) is 24.2. The normalized spacial score (nSPS) is 10.4. The number of anilines is 1. The van der Waals surface area contributed by atoms with Crippen molar-refractivity contribution >= 4 is 40.0 Å². The summed E-state index contributed by atoms with van der Waals surface area (Å²) in [6.45, 7) is 4.03. The molecular weight excluding hydrogens is 401 g/mol. The van der Waals surface area contributed by atoms with Crippen LogP contribution in [0.5, 0.6) is 0 Å². The molecule has 1 amide bonds. The first kappa shape index (κ1) is 17.7. The minimum Gasteiger partial charge on any atom is -0.326 e. The maximum atomic E-state index is 12.1. The lowest BCUT2D eigenvalue weighted by molar-refractivity contribution is -0.116. The standard InChI is InChI=1S/C19H20INO2/c1-3-14-4-6-15(7-5-14)18(22)10-11-19(23)21-17-9-8-16(20)12-13(17)2/h4-9,12H,3,10-11H2,1-2H3,(H,21,23). The molecule has 2 aromatic carbocycles. The van der Waals surface area contributed by atoms with E-state index < -0.39 is 0 Å². The van der Waals surface area contributed by atoms with Gasteiger partial charge < -0.3 is 5.32 Å². The van der Waals surface area contributed by atoms with Crippen LogP contribution < -0.4 is 5.32 Å². The van der Waals surface area contributed by atoms with Crippen molar-refractivity contribution in [2.24, 2.45) is 0 Å². The summed E-state index contributed by atoms with van der Waals surface area (Å²) in [5.41, 5.74) is 3.69. The number of halogens is 1. The number of aryl methyl sites for hydroxylation is 2. The first-order valence-corrected chi connectivity index (χ1v) is 8.75. The molecule has 0 unspecified atom stereocenters. The zero-order chi connectivity index (χ0) is 16.8. The SMILES string of the molecule is CCc1ccc(C(=O)CCC(=O)Nc2ccc(I)cc2C)cc1. The van der Waals surface area contributed by atoms with E-state index in [1.54, 1.807) is 0 Å². The Hall–Kier alpha value is -1.69. The second kappa shape index (κ2) is 8.24. The van der Waals surface area contributed by atoms with Gasteiger partial charge in [0.2, 0.25) is 5.91 Å². The first-order chi connectivity index (χ1) is 11.0. The molecule has 1 N–H and O–H groups in total. The number of carbonyl (C=O) groups is 2. The molecule has 0 aliphatic rings. The number of hydrogen-bond acceptors (Lipinski definition) is 2. The Morgan fingerprint density at radius 1 is 1.04 bits per heavy atom. The number of Topliss-reactive ketones (excluding diaryl/α,β-unsaturated/α-hetero) is 1. The monoisotopic (exact) mass is 421 g/mol. The molecule has 0 saturated carbocycles. The molecule has 0 fully saturated rings. The van der Waals surface area contributed by atoms with Crippen molar-refractivity contribution in [1.82, 2.24) is 0 Å². The molecule has 0 radical (unpaired) electrons. The average Bonchev–Trinajstić information content (AvgIpc) is 2.55. The van der Waals surface area contributed by atoms with Crippen LogP contribution in [0.4, 0.5) is 5.69 Å². The summed E-state index contributed by atoms with van der Waals surface area (Å²) in [6.07, 6.45) is 1.37. The lowest BCUT2D eigenvalue weighted by Crippen LogP contribution is -2.14. The molecule has 0 spiro atoms. The van der Waals surface area contributed by atoms with Crippen molar-refractivity contribution < 1.29 is 9.59 Å². The minimum absolute atomic E-state index is 0.00198. The smallest absolute Gasteiger partial charge is 0.224 e. The van der Waals surface area contributed by atoms with Crippen LogP contribution in [0.25, 0.3) is 0 Å². The van der Waals surface area contributed by atoms with Crippen molar-refractivity contribution in [3.63, 3.8) is 0 Å². The van der Waals surface area contributed by atoms with Gasteiger partial charge in [-0.1, -0.05) is 31.2 Å². The highest BCUT2D eigenvalue weighted by atomic mass is 127. The predicted molar refractivity (Wildman–Crippen MR) is 102 cm³/mol. The number of hydrogen-bond donors (Lipinski definition) is 1. The Morgan fingerprint density at radius 3 is 2.35 bits per heavy atom. The molecule has 2 aromatic rings. The molecule has 3 nitrogen and oxygen atoms in total. The van der Waals surface area contributed by atoms with Gasteiger partial charge in [-0.3, -0.25) is 9.59 Å². The van der Waals surface area contributed by atoms with Crippen molar-refractivity contribution in [1.29, 1.82) is 0 Å². The van der Waals surface area contributed by atoms with Crippen LogP contribution in [0, 0.1) is 10.5 Å². The van der Waals surface area contributed by atoms with Crippen LogP contribution >= 0.6 is 22.6 Å². The van der Waals surface area contributed by atoms with Gasteiger partial charge in [0.25, 0.3) is 0 Å². The Labute approximate surface area is 150 Å². The second-order valence-electron chi connectivity index (χ2n) is 5.48. The highest BCUT2D eigenvalue weighted by Gasteiger charge is 2.10. The van der Waals surface area contributed by atoms with Gasteiger partial charge in [0.1, 0.15) is 0 Å². The van der Waals surface area contributed by atoms with E-state index >= 15 is 0 Å². The number of rotatable bonds is 6. The Morgan fingerprint density at radius 2 is 1.74 bits per heavy atom. The van der Waals surface area contributed by atoms with E-state index in [2.05, 4.69) is 34.8 Å². The van der Waals surface area contributed by atoms with Gasteiger partial charge in [0.05, 0.1) is 0 Å². The van der Waals surface area contributed by atoms with Gasteiger partial charge in [-0.25, -0.2) is 0 Å². The fourth-order valence-corrected chi connectivity index (χ4v) is 2.92. The van der Waals surface area contributed by atoms with Gasteiger partial charge in [-0.05, 0) is 65.3 Å². The van der Waals surface area contributed by atoms with E-state index in [9.17, 15) is 9.59 Å². The van der Waals surface area contributed by atoms with E-state index in [-0.39, 0.29) is 24.5 Å². The molecule has 0 atom stereocenters. The third-order valence-corrected chi connectivity index (χ3v) is 4.40. The highest BCUT2D eigenvalue weighted by molar-refractivity contribution is 14.1. The van der Waals surface area contributed by atoms with Crippen molar-refractivity contribution in [3.05, 3.63) is 62.7 Å². The fourth-order valence-electron chi connectivity index (χ4n) is 2.28. The number of ketones is 1. The summed E-state index contributed by atoms with van der Waals surface area (Å²) in [7, 11) is 0. The molecule has 0 aliphatic carbocycles. The van der Waals surface area contributed by atoms with Crippen LogP contribution in [0.2, 0.25) is 0 Å². The molecule has 120 valence electrons. The van der Waals surface area contributed by atoms with Crippen LogP contribution in [-0.2, 0) is 11.2 Å². The van der Waals surface area contributed by atoms with Crippen LogP contribution in [0.1, 0.15) is 41.3 Å². The van der Waals surface area contributed by atoms with E-state index in [0.29, 0.717) is 5.56 Å². The van der Waals surface area contributed by atoms with Crippen molar-refractivity contribution in [2.45, 2.75) is 33.1 Å². The molecule has 0 aromatic heterocycles. The molecule has 0 saturated heterocycles. The van der Waals surface area contributed by atoms with E-state index in [0.717, 1.165) is 21.2 Å². The third kappa shape index (κ3) is 5.16. The number of benzene rings is 2. The second-order valence-corrected chi connectivity index (χ2v) is 6.73. The lowest BCUT2D eigenvalue weighted by atomic mass is 10.0. The number of amides is 1. The zero-order valence-electron chi connectivity index (χ0n) is 13.4. The van der Waals surface area contributed by atoms with E-state index in [4.69, 9.17) is 0 Å². The summed E-state index contributed by atoms with van der Waals surface area (Å²) >= 11 is 2.24. The zero-order valence-corrected chi connectivity index (χ0v) is 15.5. The van der Waals surface area contributed by atoms with Crippen LogP contribution in [0.3, 0.4) is 0 Å². The van der Waals surface area contributed by atoms with Gasteiger partial charge >= 0.3 is 0 Å². The Bertz CT molecular complexity index is 708. The van der Waals surface area contributed by atoms with E-state index in [1.165, 1.54) is 5.56 Å². The number of nitrogens with one attached hydrogen (secondary N) is 1. The number of carbonyl (C=O) groups excluding carboxylic acids is 2. The topological polar surface area (TPSA) is 46.2 Å². The molecule has 0 bridgehead atoms. The van der Waals surface area contributed by atoms with Gasteiger partial charge in [-0.15, -0.1) is 0 Å². The van der Waals surface area contributed by atoms with E-state index in [1.807, 2.05) is 49.4 Å². The maximum Gasteiger partial charge on any atom is 0.224 e. The molecule has 23 heavy (non-hydrogen) atoms. The van der Waals surface area contributed by atoms with Gasteiger partial charge in [0, 0.05) is 27.7 Å². The minimum atomic E-state index is -0.132.